The number of ketones is 1. The van der Waals surface area contributed by atoms with Crippen LogP contribution in [0.3, 0.4) is 0 Å². The summed E-state index contributed by atoms with van der Waals surface area (Å²) in [4.78, 5) is 11.8. The van der Waals surface area contributed by atoms with Crippen molar-refractivity contribution in [2.45, 2.75) is 12.6 Å². The van der Waals surface area contributed by atoms with Crippen LogP contribution in [0, 0.1) is 11.3 Å². The van der Waals surface area contributed by atoms with E-state index in [4.69, 9.17) is 14.2 Å². The van der Waals surface area contributed by atoms with Crippen LogP contribution in [-0.4, -0.2) is 24.7 Å². The molecule has 1 aromatic heterocycles. The van der Waals surface area contributed by atoms with Crippen molar-refractivity contribution in [3.8, 4) is 6.07 Å². The number of carbonyl (C=O) groups excluding carboxylic acids is 1. The monoisotopic (exact) mass is 241 g/mol. The van der Waals surface area contributed by atoms with E-state index >= 15 is 0 Å². The summed E-state index contributed by atoms with van der Waals surface area (Å²) in [6.07, 6.45) is 1.32. The van der Waals surface area contributed by atoms with Crippen LogP contribution in [0.1, 0.15) is 17.5 Å². The molecule has 6 heteroatoms. The van der Waals surface area contributed by atoms with Crippen molar-refractivity contribution >= 4 is 13.2 Å². The molecule has 0 aliphatic heterocycles. The molecular weight excluding hydrogens is 229 g/mol. The minimum atomic E-state index is -3.27. The molecule has 1 aromatic rings. The fourth-order valence-electron chi connectivity index (χ4n) is 1.26. The zero-order chi connectivity index (χ0) is 12.2. The lowest BCUT2D eigenvalue weighted by Crippen LogP contribution is -2.20. The number of rotatable bonds is 5. The molecular formula is C10H12NO4P. The Labute approximate surface area is 93.5 Å². The van der Waals surface area contributed by atoms with E-state index < -0.39 is 18.8 Å². The Kier molecular flexibility index (Phi) is 4.05. The lowest BCUT2D eigenvalue weighted by Gasteiger charge is -2.15. The molecule has 0 unspecified atom stereocenters. The molecule has 0 saturated heterocycles. The van der Waals surface area contributed by atoms with Crippen molar-refractivity contribution in [2.75, 3.05) is 13.3 Å². The number of carbonyl (C=O) groups is 1. The average Bonchev–Trinajstić information content (AvgIpc) is 2.70. The highest BCUT2D eigenvalue weighted by Crippen LogP contribution is 2.48. The van der Waals surface area contributed by atoms with Crippen LogP contribution in [0.15, 0.2) is 22.8 Å². The summed E-state index contributed by atoms with van der Waals surface area (Å²) in [5.41, 5.74) is -1.31. The van der Waals surface area contributed by atoms with Crippen molar-refractivity contribution in [3.05, 3.63) is 24.2 Å². The molecule has 0 radical (unpaired) electrons. The highest BCUT2D eigenvalue weighted by atomic mass is 31.2. The van der Waals surface area contributed by atoms with E-state index in [9.17, 15) is 9.36 Å². The van der Waals surface area contributed by atoms with Crippen molar-refractivity contribution in [3.63, 3.8) is 0 Å². The summed E-state index contributed by atoms with van der Waals surface area (Å²) in [5, 5.41) is 8.89. The van der Waals surface area contributed by atoms with E-state index in [1.54, 1.807) is 13.0 Å². The van der Waals surface area contributed by atoms with E-state index in [0.717, 1.165) is 0 Å². The van der Waals surface area contributed by atoms with Gasteiger partial charge in [-0.3, -0.25) is 9.36 Å². The third kappa shape index (κ3) is 2.60. The van der Waals surface area contributed by atoms with E-state index in [1.165, 1.54) is 25.1 Å². The van der Waals surface area contributed by atoms with E-state index in [-0.39, 0.29) is 12.4 Å². The molecule has 5 nitrogen and oxygen atoms in total. The Morgan fingerprint density at radius 1 is 1.75 bits per heavy atom. The molecule has 1 heterocycles. The van der Waals surface area contributed by atoms with Gasteiger partial charge in [0.15, 0.2) is 11.4 Å². The predicted octanol–water partition coefficient (Wildman–Crippen LogP) is 2.30. The third-order valence-electron chi connectivity index (χ3n) is 1.99. The van der Waals surface area contributed by atoms with Crippen LogP contribution in [0.5, 0.6) is 0 Å². The maximum atomic E-state index is 12.0. The fourth-order valence-corrected chi connectivity index (χ4v) is 2.69. The Morgan fingerprint density at radius 3 is 2.88 bits per heavy atom. The first-order valence-electron chi connectivity index (χ1n) is 4.72. The van der Waals surface area contributed by atoms with Crippen molar-refractivity contribution in [2.24, 2.45) is 0 Å². The maximum Gasteiger partial charge on any atom is 0.224 e. The molecule has 0 aliphatic carbocycles. The van der Waals surface area contributed by atoms with Gasteiger partial charge in [-0.15, -0.1) is 0 Å². The number of hydrogen-bond acceptors (Lipinski definition) is 5. The molecule has 2 atom stereocenters. The Morgan fingerprint density at radius 2 is 2.44 bits per heavy atom. The number of nitriles is 1. The molecule has 0 fully saturated rings. The van der Waals surface area contributed by atoms with Gasteiger partial charge in [0.25, 0.3) is 0 Å². The number of furan rings is 1. The number of hydrogen-bond donors (Lipinski definition) is 0. The standard InChI is InChI=1S/C10H12NO4P/c1-3-15-16(2,13)9(7-11)10(12)8-5-4-6-14-8/h4-6,9H,3H2,1-2H3/t9-,16+/m1/s1. The summed E-state index contributed by atoms with van der Waals surface area (Å²) in [6.45, 7) is 3.13. The highest BCUT2D eigenvalue weighted by molar-refractivity contribution is 7.60. The first-order valence-corrected chi connectivity index (χ1v) is 6.86. The number of nitrogens with zero attached hydrogens (tertiary/aromatic N) is 1. The topological polar surface area (TPSA) is 80.3 Å². The predicted molar refractivity (Wildman–Crippen MR) is 57.6 cm³/mol. The van der Waals surface area contributed by atoms with E-state index in [0.29, 0.717) is 0 Å². The highest BCUT2D eigenvalue weighted by Gasteiger charge is 2.37. The van der Waals surface area contributed by atoms with Gasteiger partial charge >= 0.3 is 0 Å². The largest absolute Gasteiger partial charge is 0.461 e. The van der Waals surface area contributed by atoms with Crippen molar-refractivity contribution in [1.82, 2.24) is 0 Å². The summed E-state index contributed by atoms with van der Waals surface area (Å²) in [6, 6.07) is 4.68. The van der Waals surface area contributed by atoms with Crippen LogP contribution in [0.25, 0.3) is 0 Å². The average molecular weight is 241 g/mol. The number of Topliss-reactive ketones (excluding diaryl/α,β-unsaturated/α-hetero) is 1. The summed E-state index contributed by atoms with van der Waals surface area (Å²) >= 11 is 0. The lowest BCUT2D eigenvalue weighted by molar-refractivity contribution is 0.0969. The molecule has 1 rings (SSSR count). The summed E-state index contributed by atoms with van der Waals surface area (Å²) in [7, 11) is -3.27. The Balaban J connectivity index is 2.97. The second-order valence-corrected chi connectivity index (χ2v) is 5.79. The zero-order valence-corrected chi connectivity index (χ0v) is 9.94. The molecule has 86 valence electrons. The van der Waals surface area contributed by atoms with Gasteiger partial charge in [-0.05, 0) is 19.1 Å². The molecule has 0 aliphatic rings. The van der Waals surface area contributed by atoms with E-state index in [1.807, 2.05) is 0 Å². The van der Waals surface area contributed by atoms with Gasteiger partial charge in [0.05, 0.1) is 18.9 Å². The molecule has 0 aromatic carbocycles. The molecule has 0 N–H and O–H groups in total. The first-order chi connectivity index (χ1) is 7.53. The van der Waals surface area contributed by atoms with Crippen molar-refractivity contribution < 1.29 is 18.3 Å². The van der Waals surface area contributed by atoms with Crippen LogP contribution in [0.4, 0.5) is 0 Å². The van der Waals surface area contributed by atoms with Crippen LogP contribution < -0.4 is 0 Å². The second-order valence-electron chi connectivity index (χ2n) is 3.20. The quantitative estimate of drug-likeness (QED) is 0.583. The molecule has 16 heavy (non-hydrogen) atoms. The Hall–Kier alpha value is -1.37. The zero-order valence-electron chi connectivity index (χ0n) is 9.04. The van der Waals surface area contributed by atoms with Crippen molar-refractivity contribution in [1.29, 1.82) is 5.26 Å². The third-order valence-corrected chi connectivity index (χ3v) is 4.05. The SMILES string of the molecule is CCO[P@](C)(=O)[C@H](C#N)C(=O)c1ccco1. The van der Waals surface area contributed by atoms with Crippen LogP contribution in [0.2, 0.25) is 0 Å². The minimum Gasteiger partial charge on any atom is -0.461 e. The maximum absolute atomic E-state index is 12.0. The molecule has 0 saturated carbocycles. The van der Waals surface area contributed by atoms with Gasteiger partial charge in [-0.1, -0.05) is 0 Å². The van der Waals surface area contributed by atoms with Gasteiger partial charge in [-0.2, -0.15) is 5.26 Å². The van der Waals surface area contributed by atoms with Gasteiger partial charge < -0.3 is 8.94 Å². The second kappa shape index (κ2) is 5.11. The van der Waals surface area contributed by atoms with Gasteiger partial charge in [-0.25, -0.2) is 0 Å². The van der Waals surface area contributed by atoms with Crippen LogP contribution in [-0.2, 0) is 9.09 Å². The first kappa shape index (κ1) is 12.7. The minimum absolute atomic E-state index is 0.0216. The van der Waals surface area contributed by atoms with Gasteiger partial charge in [0.2, 0.25) is 13.2 Å². The molecule has 0 bridgehead atoms. The lowest BCUT2D eigenvalue weighted by atomic mass is 10.2. The van der Waals surface area contributed by atoms with Crippen LogP contribution >= 0.6 is 7.37 Å². The van der Waals surface area contributed by atoms with E-state index in [2.05, 4.69) is 0 Å². The molecule has 0 spiro atoms. The fraction of sp³-hybridized carbons (Fsp3) is 0.400. The Bertz CT molecular complexity index is 446. The summed E-state index contributed by atoms with van der Waals surface area (Å²) in [5.74, 6) is -0.583. The van der Waals surface area contributed by atoms with Gasteiger partial charge in [0.1, 0.15) is 0 Å². The van der Waals surface area contributed by atoms with Gasteiger partial charge in [0, 0.05) is 6.66 Å². The molecule has 0 amide bonds. The normalized spacial score (nSPS) is 16.1. The summed E-state index contributed by atoms with van der Waals surface area (Å²) < 4.78 is 21.8. The smallest absolute Gasteiger partial charge is 0.224 e.